The highest BCUT2D eigenvalue weighted by Gasteiger charge is 2.88. The predicted molar refractivity (Wildman–Crippen MR) is 116 cm³/mol. The summed E-state index contributed by atoms with van der Waals surface area (Å²) in [6.07, 6.45) is -2.10. The molecule has 7 heteroatoms. The number of ether oxygens (including phenoxy) is 2. The molecule has 4 bridgehead atoms. The van der Waals surface area contributed by atoms with Gasteiger partial charge in [0.2, 0.25) is 5.79 Å². The molecule has 6 fully saturated rings. The maximum atomic E-state index is 12.2. The third-order valence-electron chi connectivity index (χ3n) is 10.0. The fourth-order valence-corrected chi connectivity index (χ4v) is 8.89. The second-order valence-corrected chi connectivity index (χ2v) is 12.3. The Morgan fingerprint density at radius 2 is 1.78 bits per heavy atom. The zero-order chi connectivity index (χ0) is 23.4. The quantitative estimate of drug-likeness (QED) is 0.411. The Bertz CT molecular complexity index is 797. The van der Waals surface area contributed by atoms with Crippen LogP contribution in [0.15, 0.2) is 12.2 Å². The molecule has 4 saturated carbocycles. The first kappa shape index (κ1) is 23.2. The predicted octanol–water partition coefficient (Wildman–Crippen LogP) is 1.56. The van der Waals surface area contributed by atoms with Crippen molar-refractivity contribution in [2.24, 2.45) is 39.9 Å². The highest BCUT2D eigenvalue weighted by molar-refractivity contribution is 5.38. The minimum absolute atomic E-state index is 0.267. The summed E-state index contributed by atoms with van der Waals surface area (Å²) in [6, 6.07) is 0. The van der Waals surface area contributed by atoms with Crippen LogP contribution in [0.1, 0.15) is 59.8 Å². The highest BCUT2D eigenvalue weighted by Crippen LogP contribution is 2.78. The van der Waals surface area contributed by atoms with Crippen LogP contribution >= 0.6 is 0 Å². The van der Waals surface area contributed by atoms with Gasteiger partial charge in [0.25, 0.3) is 0 Å². The number of aliphatic hydroxyl groups excluding tert-OH is 4. The SMILES string of the molecule is C=C1C2CC(O)C3C45CCCC(C)(C)C4C(O)C(O)(OC5OCCC(C)C)C3(C1O)C2O. The van der Waals surface area contributed by atoms with Crippen molar-refractivity contribution in [2.75, 3.05) is 6.61 Å². The van der Waals surface area contributed by atoms with Gasteiger partial charge in [0.05, 0.1) is 30.3 Å². The van der Waals surface area contributed by atoms with Crippen molar-refractivity contribution in [1.29, 1.82) is 0 Å². The Hall–Kier alpha value is -0.540. The van der Waals surface area contributed by atoms with Gasteiger partial charge in [0.15, 0.2) is 6.29 Å². The summed E-state index contributed by atoms with van der Waals surface area (Å²) in [6.45, 7) is 12.8. The molecule has 11 atom stereocenters. The third-order valence-corrected chi connectivity index (χ3v) is 10.0. The average molecular weight is 453 g/mol. The molecule has 32 heavy (non-hydrogen) atoms. The molecule has 0 aromatic heterocycles. The Labute approximate surface area is 190 Å². The van der Waals surface area contributed by atoms with Crippen molar-refractivity contribution in [3.8, 4) is 0 Å². The van der Waals surface area contributed by atoms with Crippen molar-refractivity contribution < 1.29 is 35.0 Å². The number of hydrogen-bond acceptors (Lipinski definition) is 7. The van der Waals surface area contributed by atoms with Gasteiger partial charge in [0.1, 0.15) is 6.10 Å². The molecule has 0 radical (unpaired) electrons. The molecule has 0 aromatic rings. The van der Waals surface area contributed by atoms with Gasteiger partial charge in [-0.1, -0.05) is 40.7 Å². The van der Waals surface area contributed by atoms with Crippen LogP contribution in [0.4, 0.5) is 0 Å². The molecule has 11 unspecified atom stereocenters. The lowest BCUT2D eigenvalue weighted by Gasteiger charge is -2.77. The Kier molecular flexibility index (Phi) is 5.08. The van der Waals surface area contributed by atoms with Gasteiger partial charge < -0.3 is 35.0 Å². The largest absolute Gasteiger partial charge is 0.393 e. The van der Waals surface area contributed by atoms with Crippen LogP contribution in [0.3, 0.4) is 0 Å². The fraction of sp³-hybridized carbons (Fsp3) is 0.920. The summed E-state index contributed by atoms with van der Waals surface area (Å²) in [4.78, 5) is 0. The summed E-state index contributed by atoms with van der Waals surface area (Å²) in [5, 5.41) is 58.3. The number of hydrogen-bond donors (Lipinski definition) is 5. The second kappa shape index (κ2) is 7.00. The van der Waals surface area contributed by atoms with E-state index < -0.39 is 65.1 Å². The van der Waals surface area contributed by atoms with Crippen LogP contribution in [0.5, 0.6) is 0 Å². The molecule has 2 aliphatic heterocycles. The van der Waals surface area contributed by atoms with Gasteiger partial charge in [-0.2, -0.15) is 0 Å². The molecule has 4 aliphatic carbocycles. The number of aliphatic hydroxyl groups is 5. The summed E-state index contributed by atoms with van der Waals surface area (Å²) < 4.78 is 12.6. The average Bonchev–Trinajstić information content (AvgIpc) is 2.80. The molecular formula is C25H40O7. The topological polar surface area (TPSA) is 120 Å². The number of fused-ring (bicyclic) bond motifs is 2. The molecule has 7 nitrogen and oxygen atoms in total. The van der Waals surface area contributed by atoms with Crippen LogP contribution in [0, 0.1) is 39.9 Å². The minimum atomic E-state index is -2.26. The second-order valence-electron chi connectivity index (χ2n) is 12.3. The summed E-state index contributed by atoms with van der Waals surface area (Å²) in [7, 11) is 0. The fourth-order valence-electron chi connectivity index (χ4n) is 8.89. The van der Waals surface area contributed by atoms with Gasteiger partial charge in [-0.15, -0.1) is 0 Å². The smallest absolute Gasteiger partial charge is 0.206 e. The van der Waals surface area contributed by atoms with Crippen molar-refractivity contribution in [1.82, 2.24) is 0 Å². The lowest BCUT2D eigenvalue weighted by molar-refractivity contribution is -0.523. The van der Waals surface area contributed by atoms with E-state index in [0.717, 1.165) is 19.3 Å². The zero-order valence-electron chi connectivity index (χ0n) is 19.7. The van der Waals surface area contributed by atoms with Crippen molar-refractivity contribution in [3.05, 3.63) is 12.2 Å². The third kappa shape index (κ3) is 2.41. The first-order chi connectivity index (χ1) is 14.9. The van der Waals surface area contributed by atoms with E-state index in [0.29, 0.717) is 24.5 Å². The van der Waals surface area contributed by atoms with Gasteiger partial charge in [0, 0.05) is 23.2 Å². The maximum absolute atomic E-state index is 12.2. The van der Waals surface area contributed by atoms with Gasteiger partial charge >= 0.3 is 0 Å². The molecule has 2 spiro atoms. The lowest BCUT2D eigenvalue weighted by Crippen LogP contribution is -2.87. The van der Waals surface area contributed by atoms with E-state index in [1.807, 2.05) is 0 Å². The monoisotopic (exact) mass is 452 g/mol. The Balaban J connectivity index is 1.72. The van der Waals surface area contributed by atoms with Crippen molar-refractivity contribution >= 4 is 0 Å². The molecule has 0 aromatic carbocycles. The van der Waals surface area contributed by atoms with Crippen LogP contribution in [-0.4, -0.2) is 68.6 Å². The van der Waals surface area contributed by atoms with Gasteiger partial charge in [-0.05, 0) is 42.6 Å². The molecule has 6 rings (SSSR count). The highest BCUT2D eigenvalue weighted by atomic mass is 16.8. The normalized spacial score (nSPS) is 55.8. The molecular weight excluding hydrogens is 412 g/mol. The van der Waals surface area contributed by atoms with Crippen molar-refractivity contribution in [3.63, 3.8) is 0 Å². The van der Waals surface area contributed by atoms with Crippen LogP contribution in [0.25, 0.3) is 0 Å². The van der Waals surface area contributed by atoms with Crippen LogP contribution in [-0.2, 0) is 9.47 Å². The molecule has 2 heterocycles. The van der Waals surface area contributed by atoms with Crippen LogP contribution in [0.2, 0.25) is 0 Å². The van der Waals surface area contributed by atoms with E-state index in [4.69, 9.17) is 9.47 Å². The van der Waals surface area contributed by atoms with E-state index in [-0.39, 0.29) is 11.8 Å². The first-order valence-electron chi connectivity index (χ1n) is 12.3. The number of rotatable bonds is 4. The Morgan fingerprint density at radius 3 is 2.44 bits per heavy atom. The summed E-state index contributed by atoms with van der Waals surface area (Å²) >= 11 is 0. The molecule has 5 N–H and O–H groups in total. The van der Waals surface area contributed by atoms with E-state index in [2.05, 4.69) is 34.3 Å². The minimum Gasteiger partial charge on any atom is -0.393 e. The maximum Gasteiger partial charge on any atom is 0.206 e. The Morgan fingerprint density at radius 1 is 1.09 bits per heavy atom. The molecule has 0 amide bonds. The summed E-state index contributed by atoms with van der Waals surface area (Å²) in [5.74, 6) is -3.50. The summed E-state index contributed by atoms with van der Waals surface area (Å²) in [5.41, 5.74) is -2.44. The molecule has 6 aliphatic rings. The van der Waals surface area contributed by atoms with E-state index >= 15 is 0 Å². The molecule has 182 valence electrons. The zero-order valence-corrected chi connectivity index (χ0v) is 19.7. The van der Waals surface area contributed by atoms with Crippen molar-refractivity contribution in [2.45, 2.75) is 96.3 Å². The lowest BCUT2D eigenvalue weighted by atomic mass is 9.35. The van der Waals surface area contributed by atoms with Gasteiger partial charge in [-0.3, -0.25) is 0 Å². The molecule has 2 saturated heterocycles. The van der Waals surface area contributed by atoms with Gasteiger partial charge in [-0.25, -0.2) is 0 Å². The standard InChI is InChI=1S/C25H40O7/c1-12(2)7-10-31-21-23-9-6-8-22(4,5)17(23)20(29)25(30,32-21)24-16(23)15(26)11-14(19(24)28)13(3)18(24)27/h12,14-21,26-30H,3,6-11H2,1-2,4-5H3. The van der Waals surface area contributed by atoms with Crippen LogP contribution < -0.4 is 0 Å². The van der Waals surface area contributed by atoms with E-state index in [1.165, 1.54) is 0 Å². The first-order valence-corrected chi connectivity index (χ1v) is 12.3. The van der Waals surface area contributed by atoms with E-state index in [1.54, 1.807) is 0 Å². The van der Waals surface area contributed by atoms with E-state index in [9.17, 15) is 25.5 Å².